The first-order valence-corrected chi connectivity index (χ1v) is 13.1. The van der Waals surface area contributed by atoms with Crippen LogP contribution in [0.2, 0.25) is 0 Å². The van der Waals surface area contributed by atoms with Crippen LogP contribution in [-0.4, -0.2) is 24.4 Å². The number of nitrogens with zero attached hydrogens (tertiary/aromatic N) is 4. The van der Waals surface area contributed by atoms with Gasteiger partial charge in [0.15, 0.2) is 0 Å². The molecule has 0 radical (unpaired) electrons. The SMILES string of the molecule is COc1ccc(N=Nc2c(O)ccc3ccccc23)cc1.COc1ccc(N=Nc2c(O)ccc3ccccc23)cc1.[Pd]. The van der Waals surface area contributed by atoms with Crippen molar-refractivity contribution >= 4 is 44.3 Å². The van der Waals surface area contributed by atoms with E-state index in [0.29, 0.717) is 22.7 Å². The van der Waals surface area contributed by atoms with Crippen molar-refractivity contribution < 1.29 is 40.1 Å². The molecule has 0 aliphatic rings. The Balaban J connectivity index is 0.000000192. The normalized spacial score (nSPS) is 10.8. The summed E-state index contributed by atoms with van der Waals surface area (Å²) in [4.78, 5) is 0. The van der Waals surface area contributed by atoms with Gasteiger partial charge in [0.05, 0.1) is 25.6 Å². The molecule has 0 unspecified atom stereocenters. The number of azo groups is 2. The average molecular weight is 663 g/mol. The van der Waals surface area contributed by atoms with Crippen molar-refractivity contribution in [2.45, 2.75) is 0 Å². The van der Waals surface area contributed by atoms with E-state index >= 15 is 0 Å². The molecule has 0 saturated carbocycles. The summed E-state index contributed by atoms with van der Waals surface area (Å²) >= 11 is 0. The third kappa shape index (κ3) is 7.60. The van der Waals surface area contributed by atoms with Crippen LogP contribution in [0.1, 0.15) is 0 Å². The van der Waals surface area contributed by atoms with Crippen molar-refractivity contribution in [2.75, 3.05) is 14.2 Å². The molecule has 0 aromatic heterocycles. The quantitative estimate of drug-likeness (QED) is 0.137. The molecule has 0 amide bonds. The Morgan fingerprint density at radius 3 is 1.19 bits per heavy atom. The van der Waals surface area contributed by atoms with E-state index in [1.807, 2.05) is 109 Å². The topological polar surface area (TPSA) is 108 Å². The van der Waals surface area contributed by atoms with Crippen LogP contribution in [0.25, 0.3) is 21.5 Å². The van der Waals surface area contributed by atoms with E-state index in [0.717, 1.165) is 33.0 Å². The fourth-order valence-electron chi connectivity index (χ4n) is 4.21. The van der Waals surface area contributed by atoms with Crippen molar-refractivity contribution in [2.24, 2.45) is 20.5 Å². The summed E-state index contributed by atoms with van der Waals surface area (Å²) in [6.07, 6.45) is 0. The summed E-state index contributed by atoms with van der Waals surface area (Å²) in [5, 5.41) is 40.5. The molecular formula is C34H28N4O4Pd. The van der Waals surface area contributed by atoms with Crippen LogP contribution in [-0.2, 0) is 20.4 Å². The molecule has 6 rings (SSSR count). The first-order chi connectivity index (χ1) is 20.6. The van der Waals surface area contributed by atoms with E-state index < -0.39 is 0 Å². The first-order valence-electron chi connectivity index (χ1n) is 13.1. The largest absolute Gasteiger partial charge is 0.506 e. The Bertz CT molecular complexity index is 1740. The van der Waals surface area contributed by atoms with Gasteiger partial charge in [-0.25, -0.2) is 0 Å². The fraction of sp³-hybridized carbons (Fsp3) is 0.0588. The Morgan fingerprint density at radius 2 is 0.814 bits per heavy atom. The molecule has 218 valence electrons. The molecule has 0 aliphatic carbocycles. The first kappa shape index (κ1) is 30.9. The summed E-state index contributed by atoms with van der Waals surface area (Å²) in [6, 6.07) is 37.0. The standard InChI is InChI=1S/2C17H14N2O2.Pd/c2*1-21-14-9-7-13(8-10-14)18-19-17-15-5-3-2-4-12(15)6-11-16(17)20;/h2*2-11,20H,1H3;. The molecule has 8 nitrogen and oxygen atoms in total. The van der Waals surface area contributed by atoms with Crippen LogP contribution in [0.4, 0.5) is 22.7 Å². The Labute approximate surface area is 262 Å². The number of methoxy groups -OCH3 is 2. The Kier molecular flexibility index (Phi) is 10.5. The molecule has 0 saturated heterocycles. The maximum absolute atomic E-state index is 9.99. The number of phenolic OH excluding ortho intramolecular Hbond substituents is 2. The zero-order chi connectivity index (χ0) is 29.3. The number of benzene rings is 6. The minimum Gasteiger partial charge on any atom is -0.506 e. The van der Waals surface area contributed by atoms with Gasteiger partial charge in [-0.2, -0.15) is 10.2 Å². The van der Waals surface area contributed by atoms with Crippen LogP contribution in [0, 0.1) is 0 Å². The van der Waals surface area contributed by atoms with Crippen molar-refractivity contribution in [3.8, 4) is 23.0 Å². The number of ether oxygens (including phenoxy) is 2. The third-order valence-electron chi connectivity index (χ3n) is 6.43. The number of rotatable bonds is 6. The fourth-order valence-corrected chi connectivity index (χ4v) is 4.21. The van der Waals surface area contributed by atoms with Crippen LogP contribution < -0.4 is 9.47 Å². The van der Waals surface area contributed by atoms with Gasteiger partial charge < -0.3 is 19.7 Å². The summed E-state index contributed by atoms with van der Waals surface area (Å²) < 4.78 is 10.2. The van der Waals surface area contributed by atoms with Gasteiger partial charge in [0.1, 0.15) is 34.4 Å². The molecule has 0 spiro atoms. The van der Waals surface area contributed by atoms with Crippen LogP contribution in [0.3, 0.4) is 0 Å². The average Bonchev–Trinajstić information content (AvgIpc) is 3.04. The van der Waals surface area contributed by atoms with Gasteiger partial charge in [0.2, 0.25) is 0 Å². The monoisotopic (exact) mass is 662 g/mol. The molecule has 0 atom stereocenters. The molecule has 0 heterocycles. The van der Waals surface area contributed by atoms with Crippen LogP contribution in [0.5, 0.6) is 23.0 Å². The molecule has 0 aliphatic heterocycles. The zero-order valence-corrected chi connectivity index (χ0v) is 24.9. The number of hydrogen-bond acceptors (Lipinski definition) is 8. The van der Waals surface area contributed by atoms with Gasteiger partial charge >= 0.3 is 0 Å². The van der Waals surface area contributed by atoms with Crippen molar-refractivity contribution in [3.63, 3.8) is 0 Å². The second kappa shape index (κ2) is 14.7. The number of phenols is 2. The van der Waals surface area contributed by atoms with E-state index in [1.54, 1.807) is 26.4 Å². The molecule has 43 heavy (non-hydrogen) atoms. The minimum absolute atomic E-state index is 0. The summed E-state index contributed by atoms with van der Waals surface area (Å²) in [5.41, 5.74) is 2.35. The van der Waals surface area contributed by atoms with Gasteiger partial charge in [-0.05, 0) is 71.4 Å². The van der Waals surface area contributed by atoms with E-state index in [2.05, 4.69) is 20.5 Å². The van der Waals surface area contributed by atoms with Gasteiger partial charge in [-0.15, -0.1) is 10.2 Å². The van der Waals surface area contributed by atoms with Gasteiger partial charge in [0, 0.05) is 31.2 Å². The zero-order valence-electron chi connectivity index (χ0n) is 23.4. The van der Waals surface area contributed by atoms with Crippen LogP contribution in [0.15, 0.2) is 142 Å². The predicted octanol–water partition coefficient (Wildman–Crippen LogP) is 9.94. The molecule has 0 fully saturated rings. The molecule has 9 heteroatoms. The summed E-state index contributed by atoms with van der Waals surface area (Å²) in [6.45, 7) is 0. The number of aromatic hydroxyl groups is 2. The van der Waals surface area contributed by atoms with E-state index in [4.69, 9.17) is 9.47 Å². The molecular weight excluding hydrogens is 635 g/mol. The van der Waals surface area contributed by atoms with Crippen molar-refractivity contribution in [3.05, 3.63) is 121 Å². The maximum Gasteiger partial charge on any atom is 0.143 e. The Morgan fingerprint density at radius 1 is 0.442 bits per heavy atom. The number of fused-ring (bicyclic) bond motifs is 2. The minimum atomic E-state index is 0. The maximum atomic E-state index is 9.99. The smallest absolute Gasteiger partial charge is 0.143 e. The second-order valence-corrected chi connectivity index (χ2v) is 9.10. The van der Waals surface area contributed by atoms with Crippen molar-refractivity contribution in [1.82, 2.24) is 0 Å². The van der Waals surface area contributed by atoms with Gasteiger partial charge in [0.25, 0.3) is 0 Å². The molecule has 0 bridgehead atoms. The van der Waals surface area contributed by atoms with E-state index in [9.17, 15) is 10.2 Å². The van der Waals surface area contributed by atoms with Crippen molar-refractivity contribution in [1.29, 1.82) is 0 Å². The summed E-state index contributed by atoms with van der Waals surface area (Å²) in [5.74, 6) is 1.76. The predicted molar refractivity (Wildman–Crippen MR) is 166 cm³/mol. The summed E-state index contributed by atoms with van der Waals surface area (Å²) in [7, 11) is 3.23. The molecule has 6 aromatic rings. The molecule has 2 N–H and O–H groups in total. The van der Waals surface area contributed by atoms with Crippen LogP contribution >= 0.6 is 0 Å². The van der Waals surface area contributed by atoms with E-state index in [1.165, 1.54) is 0 Å². The third-order valence-corrected chi connectivity index (χ3v) is 6.43. The van der Waals surface area contributed by atoms with Gasteiger partial charge in [-0.3, -0.25) is 0 Å². The van der Waals surface area contributed by atoms with E-state index in [-0.39, 0.29) is 31.9 Å². The second-order valence-electron chi connectivity index (χ2n) is 9.10. The molecule has 6 aromatic carbocycles. The number of hydrogen-bond donors (Lipinski definition) is 2. The van der Waals surface area contributed by atoms with Gasteiger partial charge in [-0.1, -0.05) is 60.7 Å². The Hall–Kier alpha value is -5.10.